The van der Waals surface area contributed by atoms with Gasteiger partial charge in [-0.15, -0.1) is 0 Å². The van der Waals surface area contributed by atoms with E-state index >= 15 is 4.39 Å². The number of nitrogens with zero attached hydrogens (tertiary/aromatic N) is 3. The Kier molecular flexibility index (Phi) is 4.91. The first-order chi connectivity index (χ1) is 17.4. The highest BCUT2D eigenvalue weighted by Crippen LogP contribution is 2.49. The largest absolute Gasteiger partial charge is 0.372 e. The van der Waals surface area contributed by atoms with Crippen molar-refractivity contribution in [2.75, 3.05) is 24.5 Å². The zero-order chi connectivity index (χ0) is 26.4. The molecule has 5 heterocycles. The summed E-state index contributed by atoms with van der Waals surface area (Å²) in [6.07, 6.45) is -1.92. The maximum atomic E-state index is 16.0. The number of fused-ring (bicyclic) bond motifs is 5. The molecule has 1 aromatic carbocycles. The number of hydrogen-bond donors (Lipinski definition) is 2. The predicted molar refractivity (Wildman–Crippen MR) is 118 cm³/mol. The number of ether oxygens (including phenoxy) is 1. The van der Waals surface area contributed by atoms with Gasteiger partial charge in [-0.05, 0) is 25.5 Å². The second-order valence-corrected chi connectivity index (χ2v) is 10.1. The van der Waals surface area contributed by atoms with Crippen molar-refractivity contribution in [2.45, 2.75) is 50.9 Å². The van der Waals surface area contributed by atoms with Crippen LogP contribution in [0.15, 0.2) is 10.6 Å². The van der Waals surface area contributed by atoms with E-state index in [0.29, 0.717) is 0 Å². The summed E-state index contributed by atoms with van der Waals surface area (Å²) in [5.74, 6) is -6.45. The van der Waals surface area contributed by atoms with Crippen molar-refractivity contribution in [3.05, 3.63) is 23.1 Å². The third-order valence-corrected chi connectivity index (χ3v) is 7.62. The van der Waals surface area contributed by atoms with Crippen molar-refractivity contribution in [1.82, 2.24) is 20.7 Å². The van der Waals surface area contributed by atoms with E-state index in [9.17, 15) is 28.0 Å². The van der Waals surface area contributed by atoms with Gasteiger partial charge in [0.2, 0.25) is 17.4 Å². The number of urea groups is 1. The van der Waals surface area contributed by atoms with Gasteiger partial charge in [0.25, 0.3) is 11.8 Å². The van der Waals surface area contributed by atoms with Crippen molar-refractivity contribution in [1.29, 1.82) is 0 Å². The maximum Gasteiger partial charge on any atom is 0.328 e. The fourth-order valence-corrected chi connectivity index (χ4v) is 6.16. The number of rotatable bonds is 1. The SMILES string of the molecule is C[C@H]1CN2c3c(cc4c(C(=O)N5CCC(F)(F)C5)noc4c3F)CC3(C(=O)NC(=O)NC3=O)[C@@H]2[C@@H](C)O1. The normalized spacial score (nSPS) is 28.2. The van der Waals surface area contributed by atoms with Crippen LogP contribution in [-0.2, 0) is 20.7 Å². The highest BCUT2D eigenvalue weighted by Gasteiger charge is 2.63. The minimum atomic E-state index is -3.04. The summed E-state index contributed by atoms with van der Waals surface area (Å²) < 4.78 is 54.6. The van der Waals surface area contributed by atoms with E-state index in [1.165, 1.54) is 6.07 Å². The van der Waals surface area contributed by atoms with Crippen LogP contribution in [0.3, 0.4) is 0 Å². The fraction of sp³-hybridized carbons (Fsp3) is 0.522. The lowest BCUT2D eigenvalue weighted by atomic mass is 9.66. The van der Waals surface area contributed by atoms with Gasteiger partial charge in [0, 0.05) is 25.9 Å². The number of barbiturate groups is 1. The summed E-state index contributed by atoms with van der Waals surface area (Å²) in [5.41, 5.74) is -2.28. The van der Waals surface area contributed by atoms with Gasteiger partial charge in [-0.1, -0.05) is 5.16 Å². The molecule has 3 saturated heterocycles. The summed E-state index contributed by atoms with van der Waals surface area (Å²) in [4.78, 5) is 53.8. The Morgan fingerprint density at radius 1 is 1.19 bits per heavy atom. The van der Waals surface area contributed by atoms with Crippen molar-refractivity contribution in [3.63, 3.8) is 0 Å². The number of morpholine rings is 1. The number of anilines is 1. The van der Waals surface area contributed by atoms with Crippen LogP contribution in [0.2, 0.25) is 0 Å². The van der Waals surface area contributed by atoms with E-state index in [0.717, 1.165) is 4.90 Å². The third-order valence-electron chi connectivity index (χ3n) is 7.62. The minimum Gasteiger partial charge on any atom is -0.372 e. The molecule has 4 aliphatic heterocycles. The van der Waals surface area contributed by atoms with Crippen molar-refractivity contribution in [2.24, 2.45) is 5.41 Å². The monoisotopic (exact) mass is 521 g/mol. The van der Waals surface area contributed by atoms with Crippen LogP contribution in [0.4, 0.5) is 23.7 Å². The van der Waals surface area contributed by atoms with E-state index in [4.69, 9.17) is 9.26 Å². The molecular formula is C23H22F3N5O6. The second-order valence-electron chi connectivity index (χ2n) is 10.1. The van der Waals surface area contributed by atoms with Gasteiger partial charge < -0.3 is 19.1 Å². The van der Waals surface area contributed by atoms with Crippen LogP contribution in [0, 0.1) is 11.2 Å². The first-order valence-electron chi connectivity index (χ1n) is 11.8. The zero-order valence-corrected chi connectivity index (χ0v) is 19.8. The Morgan fingerprint density at radius 2 is 1.89 bits per heavy atom. The highest BCUT2D eigenvalue weighted by molar-refractivity contribution is 6.20. The third kappa shape index (κ3) is 3.27. The number of alkyl halides is 2. The Morgan fingerprint density at radius 3 is 2.54 bits per heavy atom. The molecule has 3 atom stereocenters. The second kappa shape index (κ2) is 7.66. The molecule has 196 valence electrons. The van der Waals surface area contributed by atoms with Gasteiger partial charge in [-0.3, -0.25) is 25.0 Å². The smallest absolute Gasteiger partial charge is 0.328 e. The summed E-state index contributed by atoms with van der Waals surface area (Å²) in [7, 11) is 0. The topological polar surface area (TPSA) is 134 Å². The molecular weight excluding hydrogens is 499 g/mol. The van der Waals surface area contributed by atoms with Gasteiger partial charge >= 0.3 is 6.03 Å². The van der Waals surface area contributed by atoms with Crippen molar-refractivity contribution < 1.29 is 41.6 Å². The quantitative estimate of drug-likeness (QED) is 0.537. The molecule has 2 N–H and O–H groups in total. The number of imide groups is 2. The molecule has 4 aliphatic rings. The average Bonchev–Trinajstić information content (AvgIpc) is 3.39. The van der Waals surface area contributed by atoms with Crippen LogP contribution in [0.1, 0.15) is 36.3 Å². The average molecular weight is 521 g/mol. The molecule has 37 heavy (non-hydrogen) atoms. The first-order valence-corrected chi connectivity index (χ1v) is 11.8. The number of hydrogen-bond acceptors (Lipinski definition) is 8. The molecule has 14 heteroatoms. The lowest BCUT2D eigenvalue weighted by molar-refractivity contribution is -0.153. The highest BCUT2D eigenvalue weighted by atomic mass is 19.3. The molecule has 0 radical (unpaired) electrons. The number of likely N-dealkylation sites (tertiary alicyclic amines) is 1. The minimum absolute atomic E-state index is 0.0606. The number of halogens is 3. The number of amides is 5. The number of carbonyl (C=O) groups excluding carboxylic acids is 4. The van der Waals surface area contributed by atoms with Crippen molar-refractivity contribution >= 4 is 40.4 Å². The molecule has 0 unspecified atom stereocenters. The Balaban J connectivity index is 1.52. The maximum absolute atomic E-state index is 16.0. The van der Waals surface area contributed by atoms with E-state index in [1.54, 1.807) is 18.7 Å². The molecule has 0 bridgehead atoms. The number of nitrogens with one attached hydrogen (secondary N) is 2. The molecule has 6 rings (SSSR count). The van der Waals surface area contributed by atoms with Gasteiger partial charge in [-0.2, -0.15) is 0 Å². The van der Waals surface area contributed by atoms with E-state index in [2.05, 4.69) is 15.8 Å². The van der Waals surface area contributed by atoms with Gasteiger partial charge in [0.1, 0.15) is 0 Å². The molecule has 1 aromatic heterocycles. The Bertz CT molecular complexity index is 1370. The molecule has 11 nitrogen and oxygen atoms in total. The number of carbonyl (C=O) groups is 4. The van der Waals surface area contributed by atoms with Gasteiger partial charge in [0.05, 0.1) is 35.9 Å². The van der Waals surface area contributed by atoms with Crippen LogP contribution in [0.5, 0.6) is 0 Å². The molecule has 0 aliphatic carbocycles. The molecule has 2 aromatic rings. The molecule has 0 saturated carbocycles. The lowest BCUT2D eigenvalue weighted by Crippen LogP contribution is -2.75. The standard InChI is InChI=1S/C23H22F3N5O6/c1-9-7-31-15-11(6-23(17(31)10(2)36-9)19(33)27-21(35)28-20(23)34)5-12-14(29-37-16(12)13(15)24)18(32)30-4-3-22(25,26)8-30/h5,9-10,17H,3-4,6-8H2,1-2H3,(H2,27,28,33,34,35)/t9-,10+,17-/m0/s1. The number of aromatic nitrogens is 1. The summed E-state index contributed by atoms with van der Waals surface area (Å²) in [6.45, 7) is 2.53. The molecule has 1 spiro atoms. The Labute approximate surface area is 207 Å². The lowest BCUT2D eigenvalue weighted by Gasteiger charge is -2.55. The van der Waals surface area contributed by atoms with Crippen LogP contribution in [-0.4, -0.2) is 77.6 Å². The zero-order valence-electron chi connectivity index (χ0n) is 19.8. The summed E-state index contributed by atoms with van der Waals surface area (Å²) in [6, 6.07) is -0.537. The Hall–Kier alpha value is -3.68. The van der Waals surface area contributed by atoms with Crippen molar-refractivity contribution in [3.8, 4) is 0 Å². The first kappa shape index (κ1) is 23.7. The van der Waals surface area contributed by atoms with E-state index in [-0.39, 0.29) is 47.4 Å². The van der Waals surface area contributed by atoms with E-state index in [1.807, 2.05) is 0 Å². The predicted octanol–water partition coefficient (Wildman–Crippen LogP) is 1.34. The van der Waals surface area contributed by atoms with E-state index < -0.39 is 72.1 Å². The number of benzene rings is 1. The van der Waals surface area contributed by atoms with Crippen LogP contribution in [0.25, 0.3) is 11.0 Å². The van der Waals surface area contributed by atoms with Gasteiger partial charge in [0.15, 0.2) is 16.9 Å². The summed E-state index contributed by atoms with van der Waals surface area (Å²) >= 11 is 0. The summed E-state index contributed by atoms with van der Waals surface area (Å²) in [5, 5.41) is 7.91. The van der Waals surface area contributed by atoms with Gasteiger partial charge in [-0.25, -0.2) is 18.0 Å². The van der Waals surface area contributed by atoms with Crippen LogP contribution < -0.4 is 15.5 Å². The van der Waals surface area contributed by atoms with Crippen LogP contribution >= 0.6 is 0 Å². The molecule has 5 amide bonds. The molecule has 3 fully saturated rings. The fourth-order valence-electron chi connectivity index (χ4n) is 6.16.